The summed E-state index contributed by atoms with van der Waals surface area (Å²) in [6.45, 7) is 3.22. The van der Waals surface area contributed by atoms with Gasteiger partial charge in [-0.2, -0.15) is 9.40 Å². The molecule has 1 aliphatic rings. The zero-order chi connectivity index (χ0) is 22.7. The average Bonchev–Trinajstić information content (AvgIpc) is 3.12. The fraction of sp³-hybridized carbons (Fsp3) is 0.217. The quantitative estimate of drug-likeness (QED) is 0.404. The molecule has 1 aliphatic heterocycles. The summed E-state index contributed by atoms with van der Waals surface area (Å²) in [5.41, 5.74) is 2.54. The number of carbonyl (C=O) groups is 1. The third kappa shape index (κ3) is 4.54. The molecule has 7 nitrogen and oxygen atoms in total. The predicted octanol–water partition coefficient (Wildman–Crippen LogP) is 3.75. The van der Waals surface area contributed by atoms with Crippen molar-refractivity contribution in [3.63, 3.8) is 0 Å². The van der Waals surface area contributed by atoms with Crippen LogP contribution < -0.4 is 0 Å². The second-order valence-electron chi connectivity index (χ2n) is 7.28. The molecule has 2 aromatic carbocycles. The van der Waals surface area contributed by atoms with E-state index in [4.69, 9.17) is 16.3 Å². The van der Waals surface area contributed by atoms with E-state index < -0.39 is 10.0 Å². The molecule has 9 heteroatoms. The van der Waals surface area contributed by atoms with Crippen molar-refractivity contribution in [1.29, 1.82) is 0 Å². The van der Waals surface area contributed by atoms with Crippen molar-refractivity contribution >= 4 is 33.5 Å². The van der Waals surface area contributed by atoms with Crippen LogP contribution in [0.3, 0.4) is 0 Å². The van der Waals surface area contributed by atoms with E-state index in [-0.39, 0.29) is 10.7 Å². The Bertz CT molecular complexity index is 1250. The fourth-order valence-electron chi connectivity index (χ4n) is 3.42. The molecule has 0 bridgehead atoms. The molecule has 1 fully saturated rings. The van der Waals surface area contributed by atoms with Crippen LogP contribution in [0.1, 0.15) is 21.6 Å². The molecule has 0 radical (unpaired) electrons. The lowest BCUT2D eigenvalue weighted by Gasteiger charge is -2.26. The molecule has 0 unspecified atom stereocenters. The summed E-state index contributed by atoms with van der Waals surface area (Å²) >= 11 is 6.50. The Morgan fingerprint density at radius 1 is 1.06 bits per heavy atom. The molecule has 2 heterocycles. The SMILES string of the molecule is Cc1nn(-c2ccccc2)c(Cl)c1/C=C/C(=O)c1ccc(S(=O)(=O)N2CCOCC2)cc1. The Kier molecular flexibility index (Phi) is 6.57. The number of morpholine rings is 1. The van der Waals surface area contributed by atoms with Gasteiger partial charge in [0, 0.05) is 24.2 Å². The first-order chi connectivity index (χ1) is 15.4. The van der Waals surface area contributed by atoms with Crippen LogP contribution in [-0.2, 0) is 14.8 Å². The second-order valence-corrected chi connectivity index (χ2v) is 9.57. The van der Waals surface area contributed by atoms with Crippen LogP contribution >= 0.6 is 11.6 Å². The molecule has 0 amide bonds. The Hall–Kier alpha value is -2.78. The number of allylic oxidation sites excluding steroid dienone is 1. The lowest BCUT2D eigenvalue weighted by molar-refractivity contribution is 0.0730. The molecular formula is C23H22ClN3O4S. The van der Waals surface area contributed by atoms with Gasteiger partial charge in [-0.15, -0.1) is 0 Å². The zero-order valence-electron chi connectivity index (χ0n) is 17.4. The van der Waals surface area contributed by atoms with E-state index in [1.54, 1.807) is 10.8 Å². The first kappa shape index (κ1) is 22.4. The lowest BCUT2D eigenvalue weighted by Crippen LogP contribution is -2.40. The summed E-state index contributed by atoms with van der Waals surface area (Å²) < 4.78 is 33.7. The van der Waals surface area contributed by atoms with E-state index in [0.29, 0.717) is 48.3 Å². The van der Waals surface area contributed by atoms with Crippen LogP contribution in [-0.4, -0.2) is 54.6 Å². The highest BCUT2D eigenvalue weighted by Crippen LogP contribution is 2.25. The van der Waals surface area contributed by atoms with Crippen LogP contribution in [0.2, 0.25) is 5.15 Å². The Balaban J connectivity index is 1.52. The number of benzene rings is 2. The van der Waals surface area contributed by atoms with Crippen LogP contribution in [0.15, 0.2) is 65.6 Å². The fourth-order valence-corrected chi connectivity index (χ4v) is 5.17. The molecule has 0 atom stereocenters. The number of carbonyl (C=O) groups excluding carboxylic acids is 1. The largest absolute Gasteiger partial charge is 0.379 e. The standard InChI is InChI=1S/C23H22ClN3O4S/c1-17-21(23(24)27(25-17)19-5-3-2-4-6-19)11-12-22(28)18-7-9-20(10-8-18)32(29,30)26-13-15-31-16-14-26/h2-12H,13-16H2,1H3/b12-11+. The summed E-state index contributed by atoms with van der Waals surface area (Å²) in [6.07, 6.45) is 3.04. The number of hydrogen-bond acceptors (Lipinski definition) is 5. The normalized spacial score (nSPS) is 15.3. The predicted molar refractivity (Wildman–Crippen MR) is 123 cm³/mol. The molecule has 1 aromatic heterocycles. The van der Waals surface area contributed by atoms with Gasteiger partial charge in [-0.05, 0) is 55.5 Å². The monoisotopic (exact) mass is 471 g/mol. The van der Waals surface area contributed by atoms with Gasteiger partial charge in [0.05, 0.1) is 29.5 Å². The number of aromatic nitrogens is 2. The van der Waals surface area contributed by atoms with Crippen LogP contribution in [0, 0.1) is 6.92 Å². The van der Waals surface area contributed by atoms with Crippen LogP contribution in [0.25, 0.3) is 11.8 Å². The van der Waals surface area contributed by atoms with E-state index in [1.807, 2.05) is 37.3 Å². The van der Waals surface area contributed by atoms with Crippen molar-refractivity contribution in [2.45, 2.75) is 11.8 Å². The van der Waals surface area contributed by atoms with Gasteiger partial charge in [-0.1, -0.05) is 29.8 Å². The molecule has 0 saturated carbocycles. The van der Waals surface area contributed by atoms with Crippen LogP contribution in [0.4, 0.5) is 0 Å². The number of para-hydroxylation sites is 1. The zero-order valence-corrected chi connectivity index (χ0v) is 19.0. The minimum Gasteiger partial charge on any atom is -0.379 e. The molecule has 0 spiro atoms. The van der Waals surface area contributed by atoms with Crippen molar-refractivity contribution in [1.82, 2.24) is 14.1 Å². The van der Waals surface area contributed by atoms with Crippen molar-refractivity contribution in [3.05, 3.63) is 82.6 Å². The summed E-state index contributed by atoms with van der Waals surface area (Å²) in [5.74, 6) is -0.261. The molecule has 0 aliphatic carbocycles. The number of sulfonamides is 1. The molecule has 4 rings (SSSR count). The number of ether oxygens (including phenoxy) is 1. The Morgan fingerprint density at radius 3 is 2.38 bits per heavy atom. The number of hydrogen-bond donors (Lipinski definition) is 0. The number of ketones is 1. The van der Waals surface area contributed by atoms with E-state index in [2.05, 4.69) is 5.10 Å². The van der Waals surface area contributed by atoms with E-state index >= 15 is 0 Å². The van der Waals surface area contributed by atoms with Crippen molar-refractivity contribution < 1.29 is 17.9 Å². The summed E-state index contributed by atoms with van der Waals surface area (Å²) in [5, 5.41) is 4.86. The third-order valence-electron chi connectivity index (χ3n) is 5.20. The van der Waals surface area contributed by atoms with E-state index in [9.17, 15) is 13.2 Å². The van der Waals surface area contributed by atoms with Crippen molar-refractivity contribution in [2.24, 2.45) is 0 Å². The second kappa shape index (κ2) is 9.38. The van der Waals surface area contributed by atoms with E-state index in [1.165, 1.54) is 34.6 Å². The van der Waals surface area contributed by atoms with Crippen LogP contribution in [0.5, 0.6) is 0 Å². The molecular weight excluding hydrogens is 450 g/mol. The molecule has 3 aromatic rings. The van der Waals surface area contributed by atoms with Gasteiger partial charge in [0.2, 0.25) is 10.0 Å². The highest BCUT2D eigenvalue weighted by molar-refractivity contribution is 7.89. The Labute approximate surface area is 191 Å². The summed E-state index contributed by atoms with van der Waals surface area (Å²) in [4.78, 5) is 12.8. The van der Waals surface area contributed by atoms with Crippen molar-refractivity contribution in [2.75, 3.05) is 26.3 Å². The van der Waals surface area contributed by atoms with Gasteiger partial charge >= 0.3 is 0 Å². The van der Waals surface area contributed by atoms with E-state index in [0.717, 1.165) is 5.69 Å². The first-order valence-corrected chi connectivity index (χ1v) is 11.9. The average molecular weight is 472 g/mol. The number of aryl methyl sites for hydroxylation is 1. The Morgan fingerprint density at radius 2 is 1.72 bits per heavy atom. The molecule has 32 heavy (non-hydrogen) atoms. The molecule has 166 valence electrons. The summed E-state index contributed by atoms with van der Waals surface area (Å²) in [6, 6.07) is 15.4. The number of rotatable bonds is 6. The molecule has 0 N–H and O–H groups in total. The number of nitrogens with zero attached hydrogens (tertiary/aromatic N) is 3. The first-order valence-electron chi connectivity index (χ1n) is 10.1. The third-order valence-corrected chi connectivity index (χ3v) is 7.47. The number of halogens is 1. The van der Waals surface area contributed by atoms with Gasteiger partial charge in [-0.25, -0.2) is 13.1 Å². The van der Waals surface area contributed by atoms with Gasteiger partial charge < -0.3 is 4.74 Å². The summed E-state index contributed by atoms with van der Waals surface area (Å²) in [7, 11) is -3.60. The van der Waals surface area contributed by atoms with Crippen molar-refractivity contribution in [3.8, 4) is 5.69 Å². The maximum absolute atomic E-state index is 12.7. The topological polar surface area (TPSA) is 81.5 Å². The maximum atomic E-state index is 12.7. The van der Waals surface area contributed by atoms with Gasteiger partial charge in [0.25, 0.3) is 0 Å². The molecule has 1 saturated heterocycles. The maximum Gasteiger partial charge on any atom is 0.243 e. The smallest absolute Gasteiger partial charge is 0.243 e. The minimum absolute atomic E-state index is 0.156. The van der Waals surface area contributed by atoms with Gasteiger partial charge in [-0.3, -0.25) is 4.79 Å². The highest BCUT2D eigenvalue weighted by Gasteiger charge is 2.26. The lowest BCUT2D eigenvalue weighted by atomic mass is 10.1. The highest BCUT2D eigenvalue weighted by atomic mass is 35.5. The minimum atomic E-state index is -3.60. The van der Waals surface area contributed by atoms with Gasteiger partial charge in [0.15, 0.2) is 5.78 Å². The van der Waals surface area contributed by atoms with Gasteiger partial charge in [0.1, 0.15) is 5.15 Å².